The standard InChI is InChI=1S/C13H12O2/c1-9-8-12(10(2)13(14)15-9)11-6-4-3-5-7-11/h3-8H,1-2H3. The lowest BCUT2D eigenvalue weighted by Crippen LogP contribution is -2.05. The molecule has 2 aromatic rings. The minimum absolute atomic E-state index is 0.256. The van der Waals surface area contributed by atoms with Gasteiger partial charge >= 0.3 is 5.63 Å². The van der Waals surface area contributed by atoms with Crippen molar-refractivity contribution in [2.24, 2.45) is 0 Å². The molecule has 0 aliphatic carbocycles. The second-order valence-electron chi connectivity index (χ2n) is 3.55. The molecule has 15 heavy (non-hydrogen) atoms. The van der Waals surface area contributed by atoms with Gasteiger partial charge in [0.05, 0.1) is 0 Å². The molecular formula is C13H12O2. The zero-order valence-corrected chi connectivity index (χ0v) is 8.78. The Bertz CT molecular complexity index is 524. The van der Waals surface area contributed by atoms with Crippen LogP contribution in [0.2, 0.25) is 0 Å². The summed E-state index contributed by atoms with van der Waals surface area (Å²) in [6, 6.07) is 11.7. The van der Waals surface area contributed by atoms with Gasteiger partial charge in [-0.2, -0.15) is 0 Å². The van der Waals surface area contributed by atoms with E-state index < -0.39 is 0 Å². The molecular weight excluding hydrogens is 188 g/mol. The van der Waals surface area contributed by atoms with Gasteiger partial charge in [-0.05, 0) is 31.0 Å². The smallest absolute Gasteiger partial charge is 0.339 e. The molecule has 0 fully saturated rings. The van der Waals surface area contributed by atoms with E-state index in [0.717, 1.165) is 11.1 Å². The highest BCUT2D eigenvalue weighted by Gasteiger charge is 2.06. The first-order chi connectivity index (χ1) is 7.18. The van der Waals surface area contributed by atoms with Gasteiger partial charge in [-0.25, -0.2) is 4.79 Å². The van der Waals surface area contributed by atoms with Gasteiger partial charge in [0.1, 0.15) is 5.76 Å². The third-order valence-electron chi connectivity index (χ3n) is 2.40. The number of hydrogen-bond acceptors (Lipinski definition) is 2. The fourth-order valence-electron chi connectivity index (χ4n) is 1.59. The predicted octanol–water partition coefficient (Wildman–Crippen LogP) is 2.92. The third-order valence-corrected chi connectivity index (χ3v) is 2.40. The Morgan fingerprint density at radius 3 is 2.40 bits per heavy atom. The van der Waals surface area contributed by atoms with Gasteiger partial charge in [-0.3, -0.25) is 0 Å². The summed E-state index contributed by atoms with van der Waals surface area (Å²) >= 11 is 0. The lowest BCUT2D eigenvalue weighted by molar-refractivity contribution is 0.476. The molecule has 76 valence electrons. The summed E-state index contributed by atoms with van der Waals surface area (Å²) in [5.41, 5.74) is 2.40. The molecule has 0 aliphatic heterocycles. The van der Waals surface area contributed by atoms with Gasteiger partial charge in [-0.15, -0.1) is 0 Å². The Hall–Kier alpha value is -1.83. The molecule has 1 heterocycles. The first kappa shape index (κ1) is 9.71. The second-order valence-corrected chi connectivity index (χ2v) is 3.55. The molecule has 0 N–H and O–H groups in total. The lowest BCUT2D eigenvalue weighted by Gasteiger charge is -2.04. The maximum absolute atomic E-state index is 11.5. The van der Waals surface area contributed by atoms with Crippen molar-refractivity contribution in [1.29, 1.82) is 0 Å². The summed E-state index contributed by atoms with van der Waals surface area (Å²) < 4.78 is 5.01. The average Bonchev–Trinajstić information content (AvgIpc) is 2.24. The van der Waals surface area contributed by atoms with Crippen LogP contribution in [0.25, 0.3) is 11.1 Å². The van der Waals surface area contributed by atoms with Crippen LogP contribution >= 0.6 is 0 Å². The maximum atomic E-state index is 11.5. The Morgan fingerprint density at radius 2 is 1.73 bits per heavy atom. The van der Waals surface area contributed by atoms with E-state index in [9.17, 15) is 4.79 Å². The lowest BCUT2D eigenvalue weighted by atomic mass is 10.0. The molecule has 2 nitrogen and oxygen atoms in total. The summed E-state index contributed by atoms with van der Waals surface area (Å²) in [5.74, 6) is 0.643. The van der Waals surface area contributed by atoms with Crippen LogP contribution < -0.4 is 5.63 Å². The Labute approximate surface area is 88.2 Å². The summed E-state index contributed by atoms with van der Waals surface area (Å²) in [7, 11) is 0. The van der Waals surface area contributed by atoms with E-state index >= 15 is 0 Å². The topological polar surface area (TPSA) is 30.2 Å². The third kappa shape index (κ3) is 1.84. The first-order valence-corrected chi connectivity index (χ1v) is 4.85. The molecule has 0 radical (unpaired) electrons. The van der Waals surface area contributed by atoms with E-state index in [1.807, 2.05) is 36.4 Å². The maximum Gasteiger partial charge on any atom is 0.339 e. The van der Waals surface area contributed by atoms with Gasteiger partial charge < -0.3 is 4.42 Å². The fraction of sp³-hybridized carbons (Fsp3) is 0.154. The van der Waals surface area contributed by atoms with Crippen molar-refractivity contribution >= 4 is 0 Å². The van der Waals surface area contributed by atoms with Crippen LogP contribution in [-0.2, 0) is 0 Å². The number of hydrogen-bond donors (Lipinski definition) is 0. The van der Waals surface area contributed by atoms with E-state index in [1.165, 1.54) is 0 Å². The average molecular weight is 200 g/mol. The van der Waals surface area contributed by atoms with Gasteiger partial charge in [-0.1, -0.05) is 30.3 Å². The normalized spacial score (nSPS) is 10.3. The van der Waals surface area contributed by atoms with E-state index in [0.29, 0.717) is 11.3 Å². The minimum atomic E-state index is -0.256. The largest absolute Gasteiger partial charge is 0.428 e. The molecule has 1 aromatic heterocycles. The Balaban J connectivity index is 2.68. The SMILES string of the molecule is Cc1cc(-c2ccccc2)c(C)c(=O)o1. The molecule has 0 bridgehead atoms. The molecule has 1 aromatic carbocycles. The first-order valence-electron chi connectivity index (χ1n) is 4.85. The number of benzene rings is 1. The van der Waals surface area contributed by atoms with Crippen molar-refractivity contribution < 1.29 is 4.42 Å². The molecule has 0 spiro atoms. The van der Waals surface area contributed by atoms with E-state index in [4.69, 9.17) is 4.42 Å². The monoisotopic (exact) mass is 200 g/mol. The molecule has 2 heteroatoms. The summed E-state index contributed by atoms with van der Waals surface area (Å²) in [4.78, 5) is 11.5. The van der Waals surface area contributed by atoms with Gasteiger partial charge in [0.25, 0.3) is 0 Å². The van der Waals surface area contributed by atoms with Crippen molar-refractivity contribution in [2.75, 3.05) is 0 Å². The predicted molar refractivity (Wildman–Crippen MR) is 59.9 cm³/mol. The van der Waals surface area contributed by atoms with Gasteiger partial charge in [0, 0.05) is 5.56 Å². The summed E-state index contributed by atoms with van der Waals surface area (Å²) in [5, 5.41) is 0. The van der Waals surface area contributed by atoms with Crippen molar-refractivity contribution in [2.45, 2.75) is 13.8 Å². The van der Waals surface area contributed by atoms with Crippen molar-refractivity contribution in [3.63, 3.8) is 0 Å². The zero-order chi connectivity index (χ0) is 10.8. The molecule has 0 saturated heterocycles. The van der Waals surface area contributed by atoms with Crippen LogP contribution in [0.4, 0.5) is 0 Å². The van der Waals surface area contributed by atoms with Crippen LogP contribution in [0.3, 0.4) is 0 Å². The van der Waals surface area contributed by atoms with Crippen molar-refractivity contribution in [1.82, 2.24) is 0 Å². The van der Waals surface area contributed by atoms with Crippen LogP contribution in [-0.4, -0.2) is 0 Å². The summed E-state index contributed by atoms with van der Waals surface area (Å²) in [6.07, 6.45) is 0. The van der Waals surface area contributed by atoms with Crippen LogP contribution in [0.5, 0.6) is 0 Å². The Kier molecular flexibility index (Phi) is 2.42. The molecule has 0 atom stereocenters. The summed E-state index contributed by atoms with van der Waals surface area (Å²) in [6.45, 7) is 3.57. The highest BCUT2D eigenvalue weighted by atomic mass is 16.4. The van der Waals surface area contributed by atoms with E-state index in [2.05, 4.69) is 0 Å². The van der Waals surface area contributed by atoms with Crippen molar-refractivity contribution in [3.8, 4) is 11.1 Å². The second kappa shape index (κ2) is 3.73. The van der Waals surface area contributed by atoms with E-state index in [-0.39, 0.29) is 5.63 Å². The molecule has 0 unspecified atom stereocenters. The molecule has 0 aliphatic rings. The van der Waals surface area contributed by atoms with Crippen LogP contribution in [0.1, 0.15) is 11.3 Å². The molecule has 0 amide bonds. The Morgan fingerprint density at radius 1 is 1.07 bits per heavy atom. The fourth-order valence-corrected chi connectivity index (χ4v) is 1.59. The minimum Gasteiger partial charge on any atom is -0.428 e. The quantitative estimate of drug-likeness (QED) is 0.708. The van der Waals surface area contributed by atoms with Crippen LogP contribution in [0.15, 0.2) is 45.6 Å². The number of aryl methyl sites for hydroxylation is 1. The number of rotatable bonds is 1. The van der Waals surface area contributed by atoms with E-state index in [1.54, 1.807) is 13.8 Å². The highest BCUT2D eigenvalue weighted by Crippen LogP contribution is 2.21. The molecule has 2 rings (SSSR count). The van der Waals surface area contributed by atoms with Crippen LogP contribution in [0, 0.1) is 13.8 Å². The van der Waals surface area contributed by atoms with Gasteiger partial charge in [0.2, 0.25) is 0 Å². The van der Waals surface area contributed by atoms with Gasteiger partial charge in [0.15, 0.2) is 0 Å². The molecule has 0 saturated carbocycles. The zero-order valence-electron chi connectivity index (χ0n) is 8.78. The highest BCUT2D eigenvalue weighted by molar-refractivity contribution is 5.66. The van der Waals surface area contributed by atoms with Crippen molar-refractivity contribution in [3.05, 3.63) is 58.1 Å².